The number of fused-ring (bicyclic) bond motifs is 1. The molecule has 0 radical (unpaired) electrons. The Balaban J connectivity index is 1.44. The van der Waals surface area contributed by atoms with Crippen LogP contribution in [0.1, 0.15) is 12.1 Å². The van der Waals surface area contributed by atoms with E-state index in [4.69, 9.17) is 0 Å². The summed E-state index contributed by atoms with van der Waals surface area (Å²) in [7, 11) is 0. The Morgan fingerprint density at radius 3 is 3.27 bits per heavy atom. The lowest BCUT2D eigenvalue weighted by atomic mass is 9.95. The predicted octanol–water partition coefficient (Wildman–Crippen LogP) is 2.66. The van der Waals surface area contributed by atoms with Gasteiger partial charge in [-0.2, -0.15) is 9.36 Å². The number of hydrogen-bond donors (Lipinski definition) is 1. The zero-order chi connectivity index (χ0) is 14.9. The van der Waals surface area contributed by atoms with Crippen molar-refractivity contribution in [3.05, 3.63) is 35.7 Å². The standard InChI is InChI=1S/C14H13N5OS2/c20-13(9-3-4-19-8-15-7-10(19)6-9)17-14-16-12(18-22-14)11-2-1-5-21-11/h1-2,5,7-9H,3-4,6H2,(H,16,17,18,20)/t9-/m0/s1. The number of aromatic nitrogens is 4. The highest BCUT2D eigenvalue weighted by Gasteiger charge is 2.25. The second-order valence-electron chi connectivity index (χ2n) is 5.16. The molecule has 0 bridgehead atoms. The van der Waals surface area contributed by atoms with Crippen molar-refractivity contribution in [1.29, 1.82) is 0 Å². The minimum atomic E-state index is -0.0294. The number of hydrogen-bond acceptors (Lipinski definition) is 6. The lowest BCUT2D eigenvalue weighted by molar-refractivity contribution is -0.120. The van der Waals surface area contributed by atoms with Crippen LogP contribution in [0, 0.1) is 5.92 Å². The SMILES string of the molecule is O=C(Nc1nc(-c2cccs2)ns1)[C@H]1CCn2cncc2C1. The summed E-state index contributed by atoms with van der Waals surface area (Å²) >= 11 is 2.81. The molecule has 1 N–H and O–H groups in total. The van der Waals surface area contributed by atoms with Gasteiger partial charge in [-0.3, -0.25) is 4.79 Å². The maximum absolute atomic E-state index is 12.4. The predicted molar refractivity (Wildman–Crippen MR) is 85.9 cm³/mol. The summed E-state index contributed by atoms with van der Waals surface area (Å²) in [5, 5.41) is 5.45. The third-order valence-corrected chi connectivity index (χ3v) is 5.24. The van der Waals surface area contributed by atoms with Crippen molar-refractivity contribution in [2.45, 2.75) is 19.4 Å². The van der Waals surface area contributed by atoms with Crippen molar-refractivity contribution in [1.82, 2.24) is 18.9 Å². The molecule has 1 atom stereocenters. The van der Waals surface area contributed by atoms with Crippen LogP contribution in [0.5, 0.6) is 0 Å². The summed E-state index contributed by atoms with van der Waals surface area (Å²) in [6.07, 6.45) is 5.20. The molecule has 112 valence electrons. The van der Waals surface area contributed by atoms with Gasteiger partial charge >= 0.3 is 0 Å². The number of nitrogens with zero attached hydrogens (tertiary/aromatic N) is 4. The Morgan fingerprint density at radius 1 is 1.45 bits per heavy atom. The van der Waals surface area contributed by atoms with Crippen LogP contribution in [0.2, 0.25) is 0 Å². The minimum Gasteiger partial charge on any atom is -0.335 e. The normalized spacial score (nSPS) is 17.2. The molecular weight excluding hydrogens is 318 g/mol. The number of aryl methyl sites for hydroxylation is 1. The maximum atomic E-state index is 12.4. The van der Waals surface area contributed by atoms with E-state index in [1.165, 1.54) is 11.5 Å². The van der Waals surface area contributed by atoms with Gasteiger partial charge in [-0.1, -0.05) is 6.07 Å². The lowest BCUT2D eigenvalue weighted by Crippen LogP contribution is -2.29. The van der Waals surface area contributed by atoms with Crippen LogP contribution in [-0.2, 0) is 17.8 Å². The van der Waals surface area contributed by atoms with E-state index in [1.54, 1.807) is 11.3 Å². The van der Waals surface area contributed by atoms with E-state index in [0.29, 0.717) is 11.0 Å². The van der Waals surface area contributed by atoms with Crippen molar-refractivity contribution in [3.63, 3.8) is 0 Å². The molecule has 1 aliphatic heterocycles. The fourth-order valence-corrected chi connectivity index (χ4v) is 3.88. The van der Waals surface area contributed by atoms with Gasteiger partial charge in [-0.15, -0.1) is 11.3 Å². The smallest absolute Gasteiger partial charge is 0.229 e. The van der Waals surface area contributed by atoms with Crippen LogP contribution in [-0.4, -0.2) is 24.8 Å². The van der Waals surface area contributed by atoms with Crippen molar-refractivity contribution in [3.8, 4) is 10.7 Å². The Labute approximate surface area is 135 Å². The highest BCUT2D eigenvalue weighted by atomic mass is 32.1. The molecule has 3 aromatic heterocycles. The van der Waals surface area contributed by atoms with Crippen LogP contribution >= 0.6 is 22.9 Å². The van der Waals surface area contributed by atoms with E-state index >= 15 is 0 Å². The largest absolute Gasteiger partial charge is 0.335 e. The minimum absolute atomic E-state index is 0.0151. The quantitative estimate of drug-likeness (QED) is 0.801. The van der Waals surface area contributed by atoms with Gasteiger partial charge in [0.2, 0.25) is 11.0 Å². The number of carbonyl (C=O) groups is 1. The average molecular weight is 331 g/mol. The highest BCUT2D eigenvalue weighted by molar-refractivity contribution is 7.14. The van der Waals surface area contributed by atoms with Crippen molar-refractivity contribution in [2.24, 2.45) is 5.92 Å². The number of amides is 1. The molecule has 22 heavy (non-hydrogen) atoms. The Hall–Kier alpha value is -2.06. The molecule has 0 saturated carbocycles. The fourth-order valence-electron chi connectivity index (χ4n) is 2.58. The molecule has 8 heteroatoms. The van der Waals surface area contributed by atoms with E-state index in [0.717, 1.165) is 30.0 Å². The summed E-state index contributed by atoms with van der Waals surface area (Å²) < 4.78 is 6.40. The summed E-state index contributed by atoms with van der Waals surface area (Å²) in [6, 6.07) is 3.94. The molecule has 3 aromatic rings. The van der Waals surface area contributed by atoms with Gasteiger partial charge in [0.25, 0.3) is 0 Å². The van der Waals surface area contributed by atoms with Gasteiger partial charge in [0.05, 0.1) is 11.2 Å². The molecule has 0 unspecified atom stereocenters. The van der Waals surface area contributed by atoms with Gasteiger partial charge in [-0.05, 0) is 17.9 Å². The third kappa shape index (κ3) is 2.55. The summed E-state index contributed by atoms with van der Waals surface area (Å²) in [5.41, 5.74) is 1.11. The number of nitrogens with one attached hydrogen (secondary N) is 1. The van der Waals surface area contributed by atoms with Gasteiger partial charge < -0.3 is 9.88 Å². The maximum Gasteiger partial charge on any atom is 0.229 e. The molecule has 1 amide bonds. The van der Waals surface area contributed by atoms with E-state index in [2.05, 4.69) is 24.2 Å². The molecule has 6 nitrogen and oxygen atoms in total. The van der Waals surface area contributed by atoms with Gasteiger partial charge in [0.1, 0.15) is 0 Å². The number of anilines is 1. The van der Waals surface area contributed by atoms with Crippen molar-refractivity contribution >= 4 is 33.9 Å². The third-order valence-electron chi connectivity index (χ3n) is 3.74. The molecule has 1 aliphatic rings. The molecule has 0 aliphatic carbocycles. The molecular formula is C14H13N5OS2. The second-order valence-corrected chi connectivity index (χ2v) is 6.86. The summed E-state index contributed by atoms with van der Waals surface area (Å²) in [5.74, 6) is 0.664. The summed E-state index contributed by atoms with van der Waals surface area (Å²) in [6.45, 7) is 0.837. The molecule has 4 heterocycles. The molecule has 4 rings (SSSR count). The molecule has 0 saturated heterocycles. The van der Waals surface area contributed by atoms with Crippen LogP contribution in [0.15, 0.2) is 30.0 Å². The lowest BCUT2D eigenvalue weighted by Gasteiger charge is -2.22. The van der Waals surface area contributed by atoms with Gasteiger partial charge in [-0.25, -0.2) is 4.98 Å². The summed E-state index contributed by atoms with van der Waals surface area (Å²) in [4.78, 5) is 21.9. The van der Waals surface area contributed by atoms with E-state index in [-0.39, 0.29) is 11.8 Å². The average Bonchev–Trinajstić information content (AvgIpc) is 3.27. The topological polar surface area (TPSA) is 72.7 Å². The van der Waals surface area contributed by atoms with E-state index in [1.807, 2.05) is 30.0 Å². The number of imidazole rings is 1. The molecule has 0 fully saturated rings. The zero-order valence-corrected chi connectivity index (χ0v) is 13.2. The number of thiophene rings is 1. The Bertz CT molecular complexity index is 792. The van der Waals surface area contributed by atoms with Crippen LogP contribution in [0.3, 0.4) is 0 Å². The van der Waals surface area contributed by atoms with Crippen LogP contribution in [0.25, 0.3) is 10.7 Å². The number of carbonyl (C=O) groups excluding carboxylic acids is 1. The highest BCUT2D eigenvalue weighted by Crippen LogP contribution is 2.26. The van der Waals surface area contributed by atoms with Gasteiger partial charge in [0, 0.05) is 42.3 Å². The zero-order valence-electron chi connectivity index (χ0n) is 11.6. The number of rotatable bonds is 3. The monoisotopic (exact) mass is 331 g/mol. The first-order valence-electron chi connectivity index (χ1n) is 6.97. The van der Waals surface area contributed by atoms with Crippen molar-refractivity contribution < 1.29 is 4.79 Å². The second kappa shape index (κ2) is 5.62. The molecule has 0 spiro atoms. The van der Waals surface area contributed by atoms with Crippen molar-refractivity contribution in [2.75, 3.05) is 5.32 Å². The first kappa shape index (κ1) is 13.6. The Kier molecular flexibility index (Phi) is 3.47. The van der Waals surface area contributed by atoms with Crippen LogP contribution < -0.4 is 5.32 Å². The fraction of sp³-hybridized carbons (Fsp3) is 0.286. The van der Waals surface area contributed by atoms with Crippen LogP contribution in [0.4, 0.5) is 5.13 Å². The Morgan fingerprint density at radius 2 is 2.41 bits per heavy atom. The first-order valence-corrected chi connectivity index (χ1v) is 8.62. The molecule has 0 aromatic carbocycles. The van der Waals surface area contributed by atoms with E-state index < -0.39 is 0 Å². The van der Waals surface area contributed by atoms with E-state index in [9.17, 15) is 4.79 Å². The first-order chi connectivity index (χ1) is 10.8. The van der Waals surface area contributed by atoms with Gasteiger partial charge in [0.15, 0.2) is 5.82 Å².